The average molecular weight is 530 g/mol. The summed E-state index contributed by atoms with van der Waals surface area (Å²) < 4.78 is 11.8. The second kappa shape index (κ2) is 12.8. The van der Waals surface area contributed by atoms with E-state index in [1.165, 1.54) is 0 Å². The third-order valence-electron chi connectivity index (χ3n) is 6.28. The Hall–Kier alpha value is -4.60. The van der Waals surface area contributed by atoms with E-state index in [0.29, 0.717) is 17.9 Å². The molecule has 0 aliphatic heterocycles. The Kier molecular flexibility index (Phi) is 8.98. The number of aryl methyl sites for hydroxylation is 1. The number of hydrogen-bond acceptors (Lipinski definition) is 8. The summed E-state index contributed by atoms with van der Waals surface area (Å²) in [5.74, 6) is -0.988. The molecule has 1 N–H and O–H groups in total. The highest BCUT2D eigenvalue weighted by Crippen LogP contribution is 2.30. The van der Waals surface area contributed by atoms with Crippen LogP contribution in [0.15, 0.2) is 59.4 Å². The molecule has 0 atom stereocenters. The third kappa shape index (κ3) is 6.11. The predicted molar refractivity (Wildman–Crippen MR) is 145 cm³/mol. The van der Waals surface area contributed by atoms with Crippen molar-refractivity contribution in [3.8, 4) is 22.5 Å². The summed E-state index contributed by atoms with van der Waals surface area (Å²) in [5.41, 5.74) is 3.35. The summed E-state index contributed by atoms with van der Waals surface area (Å²) in [6, 6.07) is 17.2. The Morgan fingerprint density at radius 3 is 2.26 bits per heavy atom. The van der Waals surface area contributed by atoms with Gasteiger partial charge in [-0.2, -0.15) is 0 Å². The fourth-order valence-electron chi connectivity index (χ4n) is 4.39. The number of benzene rings is 2. The first kappa shape index (κ1) is 27.4. The van der Waals surface area contributed by atoms with Crippen LogP contribution in [0.4, 0.5) is 0 Å². The van der Waals surface area contributed by atoms with Gasteiger partial charge in [-0.1, -0.05) is 61.9 Å². The van der Waals surface area contributed by atoms with Gasteiger partial charge in [0, 0.05) is 11.3 Å². The number of pyridine rings is 1. The number of carbonyl (C=O) groups is 2. The lowest BCUT2D eigenvalue weighted by atomic mass is 9.98. The van der Waals surface area contributed by atoms with E-state index in [2.05, 4.69) is 20.6 Å². The largest absolute Gasteiger partial charge is 0.462 e. The van der Waals surface area contributed by atoms with Gasteiger partial charge in [-0.15, -0.1) is 5.10 Å². The number of hydrogen-bond donors (Lipinski definition) is 1. The third-order valence-corrected chi connectivity index (χ3v) is 6.28. The molecule has 0 aliphatic carbocycles. The van der Waals surface area contributed by atoms with Crippen molar-refractivity contribution in [3.05, 3.63) is 87.3 Å². The van der Waals surface area contributed by atoms with Crippen molar-refractivity contribution in [1.29, 1.82) is 0 Å². The fourth-order valence-corrected chi connectivity index (χ4v) is 4.39. The molecule has 0 bridgehead atoms. The van der Waals surface area contributed by atoms with Gasteiger partial charge in [0.25, 0.3) is 5.56 Å². The van der Waals surface area contributed by atoms with Crippen molar-refractivity contribution in [3.63, 3.8) is 0 Å². The van der Waals surface area contributed by atoms with Crippen molar-refractivity contribution in [1.82, 2.24) is 25.2 Å². The smallest absolute Gasteiger partial charge is 0.344 e. The molecular weight excluding hydrogens is 498 g/mol. The molecule has 10 heteroatoms. The van der Waals surface area contributed by atoms with E-state index in [-0.39, 0.29) is 30.9 Å². The van der Waals surface area contributed by atoms with Crippen LogP contribution in [0, 0.1) is 0 Å². The van der Waals surface area contributed by atoms with Crippen molar-refractivity contribution in [2.24, 2.45) is 0 Å². The van der Waals surface area contributed by atoms with Gasteiger partial charge in [0.2, 0.25) is 0 Å². The second-order valence-electron chi connectivity index (χ2n) is 8.85. The summed E-state index contributed by atoms with van der Waals surface area (Å²) >= 11 is 0. The number of nitrogens with one attached hydrogen (secondary N) is 1. The maximum Gasteiger partial charge on any atom is 0.344 e. The van der Waals surface area contributed by atoms with Gasteiger partial charge in [0.15, 0.2) is 5.82 Å². The number of aromatic nitrogens is 5. The van der Waals surface area contributed by atoms with E-state index in [1.807, 2.05) is 55.5 Å². The normalized spacial score (nSPS) is 10.8. The van der Waals surface area contributed by atoms with Crippen molar-refractivity contribution < 1.29 is 19.1 Å². The monoisotopic (exact) mass is 529 g/mol. The van der Waals surface area contributed by atoms with Gasteiger partial charge in [-0.05, 0) is 59.9 Å². The standard InChI is InChI=1S/C29H31N5O5/c1-4-7-10-21-17-24(28(36)38-5-2)25(29(37)39-6-3)27(35)34(21)18-19-13-15-20(16-14-19)22-11-8-9-12-23(22)26-30-32-33-31-26/h8-9,11-17H,4-7,10,18H2,1-3H3,(H,30,31,32,33). The summed E-state index contributed by atoms with van der Waals surface area (Å²) in [5, 5.41) is 14.2. The molecule has 202 valence electrons. The van der Waals surface area contributed by atoms with E-state index in [4.69, 9.17) is 9.47 Å². The lowest BCUT2D eigenvalue weighted by Gasteiger charge is -2.17. The molecule has 0 unspecified atom stereocenters. The average Bonchev–Trinajstić information content (AvgIpc) is 3.49. The number of rotatable bonds is 11. The van der Waals surface area contributed by atoms with Crippen LogP contribution >= 0.6 is 0 Å². The Labute approximate surface area is 226 Å². The van der Waals surface area contributed by atoms with Crippen LogP contribution in [0.2, 0.25) is 0 Å². The zero-order valence-electron chi connectivity index (χ0n) is 22.3. The quantitative estimate of drug-likeness (QED) is 0.282. The first-order chi connectivity index (χ1) is 19.0. The molecular formula is C29H31N5O5. The second-order valence-corrected chi connectivity index (χ2v) is 8.85. The molecule has 0 aliphatic rings. The highest BCUT2D eigenvalue weighted by molar-refractivity contribution is 6.03. The summed E-state index contributed by atoms with van der Waals surface area (Å²) in [4.78, 5) is 39.2. The van der Waals surface area contributed by atoms with E-state index in [0.717, 1.165) is 35.1 Å². The number of aromatic amines is 1. The molecule has 0 amide bonds. The highest BCUT2D eigenvalue weighted by Gasteiger charge is 2.26. The van der Waals surface area contributed by atoms with Gasteiger partial charge in [0.1, 0.15) is 5.56 Å². The number of unbranched alkanes of at least 4 members (excludes halogenated alkanes) is 1. The van der Waals surface area contributed by atoms with Crippen LogP contribution in [-0.4, -0.2) is 50.3 Å². The van der Waals surface area contributed by atoms with Crippen molar-refractivity contribution in [2.45, 2.75) is 46.6 Å². The molecule has 4 aromatic rings. The van der Waals surface area contributed by atoms with E-state index in [9.17, 15) is 14.4 Å². The van der Waals surface area contributed by atoms with Crippen LogP contribution in [-0.2, 0) is 22.4 Å². The number of carbonyl (C=O) groups excluding carboxylic acids is 2. The van der Waals surface area contributed by atoms with Crippen LogP contribution in [0.3, 0.4) is 0 Å². The van der Waals surface area contributed by atoms with E-state index < -0.39 is 17.5 Å². The fraction of sp³-hybridized carbons (Fsp3) is 0.310. The summed E-state index contributed by atoms with van der Waals surface area (Å²) in [7, 11) is 0. The first-order valence-corrected chi connectivity index (χ1v) is 13.0. The van der Waals surface area contributed by atoms with Crippen LogP contribution < -0.4 is 5.56 Å². The number of tetrazole rings is 1. The van der Waals surface area contributed by atoms with E-state index >= 15 is 0 Å². The first-order valence-electron chi connectivity index (χ1n) is 13.0. The topological polar surface area (TPSA) is 129 Å². The van der Waals surface area contributed by atoms with Crippen molar-refractivity contribution in [2.75, 3.05) is 13.2 Å². The Morgan fingerprint density at radius 1 is 0.923 bits per heavy atom. The van der Waals surface area contributed by atoms with Crippen LogP contribution in [0.1, 0.15) is 65.6 Å². The number of nitrogens with zero attached hydrogens (tertiary/aromatic N) is 4. The lowest BCUT2D eigenvalue weighted by Crippen LogP contribution is -2.33. The molecule has 2 aromatic carbocycles. The number of H-pyrrole nitrogens is 1. The van der Waals surface area contributed by atoms with Gasteiger partial charge < -0.3 is 14.0 Å². The van der Waals surface area contributed by atoms with Gasteiger partial charge >= 0.3 is 11.9 Å². The molecule has 0 saturated carbocycles. The maximum absolute atomic E-state index is 13.7. The molecule has 0 spiro atoms. The minimum atomic E-state index is -0.838. The lowest BCUT2D eigenvalue weighted by molar-refractivity contribution is 0.0476. The molecule has 10 nitrogen and oxygen atoms in total. The Morgan fingerprint density at radius 2 is 1.62 bits per heavy atom. The molecule has 0 radical (unpaired) electrons. The maximum atomic E-state index is 13.7. The number of esters is 2. The summed E-state index contributed by atoms with van der Waals surface area (Å²) in [6.07, 6.45) is 2.28. The van der Waals surface area contributed by atoms with E-state index in [1.54, 1.807) is 24.5 Å². The van der Waals surface area contributed by atoms with Crippen LogP contribution in [0.5, 0.6) is 0 Å². The summed E-state index contributed by atoms with van der Waals surface area (Å²) in [6.45, 7) is 5.79. The SMILES string of the molecule is CCCCc1cc(C(=O)OCC)c(C(=O)OCC)c(=O)n1Cc1ccc(-c2ccccc2-c2nnn[nH]2)cc1. The molecule has 39 heavy (non-hydrogen) atoms. The van der Waals surface area contributed by atoms with Gasteiger partial charge in [0.05, 0.1) is 25.3 Å². The van der Waals surface area contributed by atoms with Crippen molar-refractivity contribution >= 4 is 11.9 Å². The van der Waals surface area contributed by atoms with Crippen LogP contribution in [0.25, 0.3) is 22.5 Å². The molecule has 0 saturated heterocycles. The Bertz CT molecular complexity index is 1490. The minimum Gasteiger partial charge on any atom is -0.462 e. The molecule has 2 aromatic heterocycles. The molecule has 4 rings (SSSR count). The van der Waals surface area contributed by atoms with Gasteiger partial charge in [-0.3, -0.25) is 4.79 Å². The highest BCUT2D eigenvalue weighted by atomic mass is 16.5. The molecule has 2 heterocycles. The zero-order chi connectivity index (χ0) is 27.8. The predicted octanol–water partition coefficient (Wildman–Crippen LogP) is 4.44. The molecule has 0 fully saturated rings. The zero-order valence-corrected chi connectivity index (χ0v) is 22.3. The Balaban J connectivity index is 1.74. The minimum absolute atomic E-state index is 0.0588. The van der Waals surface area contributed by atoms with Gasteiger partial charge in [-0.25, -0.2) is 14.7 Å². The number of ether oxygens (including phenoxy) is 2.